The van der Waals surface area contributed by atoms with E-state index in [1.54, 1.807) is 25.3 Å². The SMILES string of the molecule is COc1ccc(Cl)cc1C(=O)C1CCC(N)CC1. The van der Waals surface area contributed by atoms with Gasteiger partial charge in [0.05, 0.1) is 12.7 Å². The first-order valence-corrected chi connectivity index (χ1v) is 6.63. The number of carbonyl (C=O) groups is 1. The summed E-state index contributed by atoms with van der Waals surface area (Å²) in [5, 5.41) is 0.562. The van der Waals surface area contributed by atoms with Crippen LogP contribution in [0.1, 0.15) is 36.0 Å². The maximum Gasteiger partial charge on any atom is 0.169 e. The monoisotopic (exact) mass is 267 g/mol. The van der Waals surface area contributed by atoms with Crippen LogP contribution in [0.2, 0.25) is 5.02 Å². The second-order valence-corrected chi connectivity index (χ2v) is 5.26. The molecule has 2 N–H and O–H groups in total. The summed E-state index contributed by atoms with van der Waals surface area (Å²) in [6, 6.07) is 5.41. The molecular formula is C14H18ClNO2. The van der Waals surface area contributed by atoms with Crippen molar-refractivity contribution in [1.29, 1.82) is 0 Å². The van der Waals surface area contributed by atoms with Crippen molar-refractivity contribution in [1.82, 2.24) is 0 Å². The van der Waals surface area contributed by atoms with Gasteiger partial charge in [-0.1, -0.05) is 11.6 Å². The summed E-state index contributed by atoms with van der Waals surface area (Å²) < 4.78 is 5.23. The van der Waals surface area contributed by atoms with Crippen molar-refractivity contribution in [3.8, 4) is 5.75 Å². The minimum absolute atomic E-state index is 0.0529. The van der Waals surface area contributed by atoms with E-state index in [0.717, 1.165) is 25.7 Å². The Bertz CT molecular complexity index is 439. The second kappa shape index (κ2) is 5.72. The fourth-order valence-electron chi connectivity index (χ4n) is 2.47. The Labute approximate surface area is 112 Å². The molecule has 18 heavy (non-hydrogen) atoms. The first-order valence-electron chi connectivity index (χ1n) is 6.25. The summed E-state index contributed by atoms with van der Waals surface area (Å²) in [5.41, 5.74) is 6.45. The van der Waals surface area contributed by atoms with Gasteiger partial charge in [0.2, 0.25) is 0 Å². The first-order chi connectivity index (χ1) is 8.61. The van der Waals surface area contributed by atoms with E-state index in [1.165, 1.54) is 0 Å². The molecule has 0 spiro atoms. The zero-order valence-electron chi connectivity index (χ0n) is 10.5. The number of Topliss-reactive ketones (excluding diaryl/α,β-unsaturated/α-hetero) is 1. The Kier molecular flexibility index (Phi) is 4.25. The lowest BCUT2D eigenvalue weighted by Crippen LogP contribution is -2.30. The van der Waals surface area contributed by atoms with Gasteiger partial charge in [-0.15, -0.1) is 0 Å². The molecular weight excluding hydrogens is 250 g/mol. The molecule has 3 nitrogen and oxygen atoms in total. The molecule has 0 atom stereocenters. The molecule has 0 aliphatic heterocycles. The summed E-state index contributed by atoms with van der Waals surface area (Å²) in [6.45, 7) is 0. The molecule has 4 heteroatoms. The van der Waals surface area contributed by atoms with Gasteiger partial charge in [-0.05, 0) is 43.9 Å². The van der Waals surface area contributed by atoms with Crippen LogP contribution in [0.15, 0.2) is 18.2 Å². The highest BCUT2D eigenvalue weighted by atomic mass is 35.5. The molecule has 2 rings (SSSR count). The molecule has 1 aromatic carbocycles. The molecule has 0 saturated heterocycles. The average Bonchev–Trinajstić information content (AvgIpc) is 2.39. The average molecular weight is 268 g/mol. The van der Waals surface area contributed by atoms with Crippen molar-refractivity contribution >= 4 is 17.4 Å². The van der Waals surface area contributed by atoms with Gasteiger partial charge in [-0.3, -0.25) is 4.79 Å². The van der Waals surface area contributed by atoms with Gasteiger partial charge >= 0.3 is 0 Å². The van der Waals surface area contributed by atoms with E-state index >= 15 is 0 Å². The highest BCUT2D eigenvalue weighted by molar-refractivity contribution is 6.31. The van der Waals surface area contributed by atoms with Crippen LogP contribution in [-0.2, 0) is 0 Å². The summed E-state index contributed by atoms with van der Waals surface area (Å²) in [5.74, 6) is 0.776. The molecule has 0 aromatic heterocycles. The number of ether oxygens (including phenoxy) is 1. The maximum absolute atomic E-state index is 12.5. The van der Waals surface area contributed by atoms with Crippen LogP contribution in [0.3, 0.4) is 0 Å². The molecule has 98 valence electrons. The summed E-state index contributed by atoms with van der Waals surface area (Å²) in [4.78, 5) is 12.5. The van der Waals surface area contributed by atoms with Crippen LogP contribution in [0.25, 0.3) is 0 Å². The van der Waals surface area contributed by atoms with Crippen molar-refractivity contribution < 1.29 is 9.53 Å². The molecule has 0 unspecified atom stereocenters. The van der Waals surface area contributed by atoms with E-state index in [-0.39, 0.29) is 17.7 Å². The van der Waals surface area contributed by atoms with Crippen LogP contribution < -0.4 is 10.5 Å². The van der Waals surface area contributed by atoms with Gasteiger partial charge in [-0.2, -0.15) is 0 Å². The molecule has 0 radical (unpaired) electrons. The quantitative estimate of drug-likeness (QED) is 0.857. The highest BCUT2D eigenvalue weighted by Crippen LogP contribution is 2.31. The Morgan fingerprint density at radius 2 is 2.00 bits per heavy atom. The fourth-order valence-corrected chi connectivity index (χ4v) is 2.65. The summed E-state index contributed by atoms with van der Waals surface area (Å²) in [6.07, 6.45) is 3.55. The Balaban J connectivity index is 2.20. The van der Waals surface area contributed by atoms with Crippen LogP contribution in [0.5, 0.6) is 5.75 Å². The zero-order valence-corrected chi connectivity index (χ0v) is 11.2. The maximum atomic E-state index is 12.5. The second-order valence-electron chi connectivity index (χ2n) is 4.82. The van der Waals surface area contributed by atoms with Crippen molar-refractivity contribution in [3.05, 3.63) is 28.8 Å². The minimum atomic E-state index is 0.0529. The van der Waals surface area contributed by atoms with Crippen LogP contribution >= 0.6 is 11.6 Å². The molecule has 1 aromatic rings. The smallest absolute Gasteiger partial charge is 0.169 e. The van der Waals surface area contributed by atoms with Gasteiger partial charge in [0.15, 0.2) is 5.78 Å². The molecule has 0 amide bonds. The van der Waals surface area contributed by atoms with Gasteiger partial charge in [0, 0.05) is 17.0 Å². The van der Waals surface area contributed by atoms with E-state index in [4.69, 9.17) is 22.1 Å². The predicted molar refractivity (Wildman–Crippen MR) is 72.3 cm³/mol. The third kappa shape index (κ3) is 2.85. The molecule has 0 heterocycles. The number of hydrogen-bond donors (Lipinski definition) is 1. The normalized spacial score (nSPS) is 23.7. The largest absolute Gasteiger partial charge is 0.496 e. The van der Waals surface area contributed by atoms with Crippen LogP contribution in [0.4, 0.5) is 0 Å². The van der Waals surface area contributed by atoms with Crippen molar-refractivity contribution in [2.45, 2.75) is 31.7 Å². The van der Waals surface area contributed by atoms with Crippen LogP contribution in [-0.4, -0.2) is 18.9 Å². The number of hydrogen-bond acceptors (Lipinski definition) is 3. The number of halogens is 1. The predicted octanol–water partition coefficient (Wildman–Crippen LogP) is 3.05. The summed E-state index contributed by atoms with van der Waals surface area (Å²) in [7, 11) is 1.57. The number of rotatable bonds is 3. The summed E-state index contributed by atoms with van der Waals surface area (Å²) >= 11 is 5.95. The number of nitrogens with two attached hydrogens (primary N) is 1. The third-order valence-electron chi connectivity index (χ3n) is 3.57. The van der Waals surface area contributed by atoms with E-state index in [1.807, 2.05) is 0 Å². The highest BCUT2D eigenvalue weighted by Gasteiger charge is 2.27. The molecule has 1 saturated carbocycles. The first kappa shape index (κ1) is 13.4. The van der Waals surface area contributed by atoms with E-state index in [2.05, 4.69) is 0 Å². The number of methoxy groups -OCH3 is 1. The Hall–Kier alpha value is -1.06. The van der Waals surface area contributed by atoms with E-state index < -0.39 is 0 Å². The van der Waals surface area contributed by atoms with Crippen molar-refractivity contribution in [2.75, 3.05) is 7.11 Å². The lowest BCUT2D eigenvalue weighted by Gasteiger charge is -2.25. The van der Waals surface area contributed by atoms with Crippen molar-refractivity contribution in [2.24, 2.45) is 11.7 Å². The van der Waals surface area contributed by atoms with Crippen molar-refractivity contribution in [3.63, 3.8) is 0 Å². The van der Waals surface area contributed by atoms with E-state index in [9.17, 15) is 4.79 Å². The molecule has 1 fully saturated rings. The van der Waals surface area contributed by atoms with Gasteiger partial charge in [-0.25, -0.2) is 0 Å². The van der Waals surface area contributed by atoms with Gasteiger partial charge < -0.3 is 10.5 Å². The number of ketones is 1. The van der Waals surface area contributed by atoms with Crippen LogP contribution in [0, 0.1) is 5.92 Å². The number of carbonyl (C=O) groups excluding carboxylic acids is 1. The topological polar surface area (TPSA) is 52.3 Å². The molecule has 1 aliphatic carbocycles. The van der Waals surface area contributed by atoms with E-state index in [0.29, 0.717) is 16.3 Å². The third-order valence-corrected chi connectivity index (χ3v) is 3.80. The Morgan fingerprint density at radius 1 is 1.33 bits per heavy atom. The fraction of sp³-hybridized carbons (Fsp3) is 0.500. The number of benzene rings is 1. The van der Waals surface area contributed by atoms with Gasteiger partial charge in [0.25, 0.3) is 0 Å². The Morgan fingerprint density at radius 3 is 2.61 bits per heavy atom. The lowest BCUT2D eigenvalue weighted by atomic mass is 9.82. The zero-order chi connectivity index (χ0) is 13.1. The minimum Gasteiger partial charge on any atom is -0.496 e. The molecule has 1 aliphatic rings. The molecule has 0 bridgehead atoms. The lowest BCUT2D eigenvalue weighted by molar-refractivity contribution is 0.0881. The standard InChI is InChI=1S/C14H18ClNO2/c1-18-13-7-4-10(15)8-12(13)14(17)9-2-5-11(16)6-3-9/h4,7-9,11H,2-3,5-6,16H2,1H3. The van der Waals surface area contributed by atoms with Gasteiger partial charge in [0.1, 0.15) is 5.75 Å².